The van der Waals surface area contributed by atoms with E-state index in [0.717, 1.165) is 16.8 Å². The number of benzene rings is 1. The summed E-state index contributed by atoms with van der Waals surface area (Å²) in [5.41, 5.74) is 0.0207. The minimum Gasteiger partial charge on any atom is -0.508 e. The molecular formula is C13H9N5O4S2. The highest BCUT2D eigenvalue weighted by atomic mass is 32.2. The number of H-pyrrole nitrogens is 1. The number of aromatic amines is 1. The molecule has 3 aromatic heterocycles. The van der Waals surface area contributed by atoms with E-state index in [4.69, 9.17) is 0 Å². The van der Waals surface area contributed by atoms with Crippen LogP contribution >= 0.6 is 11.3 Å². The van der Waals surface area contributed by atoms with Gasteiger partial charge in [-0.2, -0.15) is 8.42 Å². The zero-order valence-corrected chi connectivity index (χ0v) is 13.4. The number of hydrogen-bond donors (Lipinski definition) is 3. The Morgan fingerprint density at radius 3 is 2.79 bits per heavy atom. The number of aromatic hydroxyl groups is 1. The summed E-state index contributed by atoms with van der Waals surface area (Å²) in [5.74, 6) is -0.528. The molecule has 4 rings (SSSR count). The Morgan fingerprint density at radius 1 is 1.21 bits per heavy atom. The van der Waals surface area contributed by atoms with Crippen LogP contribution in [0.5, 0.6) is 5.75 Å². The molecule has 0 aliphatic heterocycles. The largest absolute Gasteiger partial charge is 0.508 e. The highest BCUT2D eigenvalue weighted by molar-refractivity contribution is 7.92. The van der Waals surface area contributed by atoms with E-state index in [1.165, 1.54) is 15.7 Å². The number of thiazole rings is 1. The number of sulfonamides is 1. The van der Waals surface area contributed by atoms with Crippen molar-refractivity contribution in [1.29, 1.82) is 0 Å². The Balaban J connectivity index is 1.87. The van der Waals surface area contributed by atoms with Crippen molar-refractivity contribution in [2.24, 2.45) is 0 Å². The Morgan fingerprint density at radius 2 is 2.00 bits per heavy atom. The van der Waals surface area contributed by atoms with Crippen LogP contribution in [0.1, 0.15) is 0 Å². The number of hydrogen-bond acceptors (Lipinski definition) is 7. The molecular weight excluding hydrogens is 354 g/mol. The van der Waals surface area contributed by atoms with Crippen LogP contribution in [-0.4, -0.2) is 33.1 Å². The minimum absolute atomic E-state index is 0.170. The molecule has 0 saturated heterocycles. The molecule has 9 nitrogen and oxygen atoms in total. The van der Waals surface area contributed by atoms with E-state index in [2.05, 4.69) is 19.9 Å². The summed E-state index contributed by atoms with van der Waals surface area (Å²) < 4.78 is 29.7. The molecule has 0 aliphatic carbocycles. The van der Waals surface area contributed by atoms with Gasteiger partial charge in [-0.1, -0.05) is 23.5 Å². The van der Waals surface area contributed by atoms with E-state index in [1.54, 1.807) is 12.1 Å². The summed E-state index contributed by atoms with van der Waals surface area (Å²) in [6.45, 7) is 0. The smallest absolute Gasteiger partial charge is 0.299 e. The topological polar surface area (TPSA) is 129 Å². The van der Waals surface area contributed by atoms with Gasteiger partial charge in [0.1, 0.15) is 11.6 Å². The number of rotatable bonds is 3. The number of anilines is 1. The van der Waals surface area contributed by atoms with E-state index in [9.17, 15) is 18.3 Å². The molecule has 0 amide bonds. The summed E-state index contributed by atoms with van der Waals surface area (Å²) in [6, 6.07) is 9.26. The average Bonchev–Trinajstić information content (AvgIpc) is 3.04. The molecule has 122 valence electrons. The van der Waals surface area contributed by atoms with Gasteiger partial charge in [0.2, 0.25) is 4.96 Å². The van der Waals surface area contributed by atoms with Gasteiger partial charge in [-0.05, 0) is 12.1 Å². The zero-order chi connectivity index (χ0) is 16.9. The first kappa shape index (κ1) is 14.7. The second-order valence-corrected chi connectivity index (χ2v) is 7.48. The molecule has 0 aliphatic rings. The van der Waals surface area contributed by atoms with Crippen molar-refractivity contribution < 1.29 is 13.5 Å². The first-order valence-electron chi connectivity index (χ1n) is 6.63. The van der Waals surface area contributed by atoms with Gasteiger partial charge in [-0.15, -0.1) is 10.2 Å². The molecule has 3 N–H and O–H groups in total. The van der Waals surface area contributed by atoms with Crippen LogP contribution < -0.4 is 10.3 Å². The molecule has 0 radical (unpaired) electrons. The first-order valence-corrected chi connectivity index (χ1v) is 8.93. The maximum absolute atomic E-state index is 12.6. The average molecular weight is 363 g/mol. The zero-order valence-electron chi connectivity index (χ0n) is 11.8. The van der Waals surface area contributed by atoms with Crippen molar-refractivity contribution in [2.45, 2.75) is 5.16 Å². The summed E-state index contributed by atoms with van der Waals surface area (Å²) in [4.78, 5) is 14.1. The van der Waals surface area contributed by atoms with Gasteiger partial charge in [0.05, 0.1) is 10.2 Å². The summed E-state index contributed by atoms with van der Waals surface area (Å²) in [6.07, 6.45) is 0. The Kier molecular flexibility index (Phi) is 3.08. The van der Waals surface area contributed by atoms with Crippen LogP contribution in [0.25, 0.3) is 15.2 Å². The van der Waals surface area contributed by atoms with Gasteiger partial charge in [0.25, 0.3) is 20.7 Å². The second-order valence-electron chi connectivity index (χ2n) is 4.89. The molecule has 0 fully saturated rings. The number of nitrogens with one attached hydrogen (secondary N) is 2. The minimum atomic E-state index is -4.13. The first-order chi connectivity index (χ1) is 11.4. The lowest BCUT2D eigenvalue weighted by atomic mass is 10.3. The second kappa shape index (κ2) is 5.04. The van der Waals surface area contributed by atoms with E-state index < -0.39 is 15.6 Å². The molecule has 11 heteroatoms. The van der Waals surface area contributed by atoms with Crippen LogP contribution in [0.3, 0.4) is 0 Å². The number of aromatic nitrogens is 4. The van der Waals surface area contributed by atoms with Crippen molar-refractivity contribution >= 4 is 42.4 Å². The van der Waals surface area contributed by atoms with Gasteiger partial charge in [0, 0.05) is 12.1 Å². The quantitative estimate of drug-likeness (QED) is 0.500. The fourth-order valence-electron chi connectivity index (χ4n) is 2.30. The van der Waals surface area contributed by atoms with Crippen LogP contribution in [0, 0.1) is 0 Å². The molecule has 24 heavy (non-hydrogen) atoms. The maximum atomic E-state index is 12.6. The lowest BCUT2D eigenvalue weighted by Crippen LogP contribution is -2.19. The highest BCUT2D eigenvalue weighted by Gasteiger charge is 2.24. The fraction of sp³-hybridized carbons (Fsp3) is 0. The fourth-order valence-corrected chi connectivity index (χ4v) is 4.39. The molecule has 1 aromatic carbocycles. The Labute approximate surface area is 138 Å². The Bertz CT molecular complexity index is 1240. The van der Waals surface area contributed by atoms with Crippen LogP contribution in [-0.2, 0) is 10.0 Å². The predicted molar refractivity (Wildman–Crippen MR) is 87.9 cm³/mol. The molecule has 4 aromatic rings. The van der Waals surface area contributed by atoms with Gasteiger partial charge in [-0.25, -0.2) is 0 Å². The van der Waals surface area contributed by atoms with Crippen LogP contribution in [0.4, 0.5) is 5.82 Å². The predicted octanol–water partition coefficient (Wildman–Crippen LogP) is 1.14. The van der Waals surface area contributed by atoms with Crippen molar-refractivity contribution in [3.63, 3.8) is 0 Å². The van der Waals surface area contributed by atoms with Crippen molar-refractivity contribution in [1.82, 2.24) is 19.6 Å². The van der Waals surface area contributed by atoms with E-state index in [0.29, 0.717) is 10.5 Å². The molecule has 0 unspecified atom stereocenters. The number of fused-ring (bicyclic) bond motifs is 3. The number of nitrogens with zero attached hydrogens (tertiary/aromatic N) is 3. The van der Waals surface area contributed by atoms with E-state index in [-0.39, 0.29) is 16.7 Å². The van der Waals surface area contributed by atoms with Gasteiger partial charge >= 0.3 is 0 Å². The molecule has 0 spiro atoms. The van der Waals surface area contributed by atoms with Crippen LogP contribution in [0.2, 0.25) is 0 Å². The lowest BCUT2D eigenvalue weighted by Gasteiger charge is -2.06. The molecule has 0 bridgehead atoms. The van der Waals surface area contributed by atoms with Crippen molar-refractivity contribution in [2.75, 3.05) is 4.72 Å². The van der Waals surface area contributed by atoms with Gasteiger partial charge in [0.15, 0.2) is 0 Å². The van der Waals surface area contributed by atoms with Gasteiger partial charge in [-0.3, -0.25) is 13.9 Å². The summed E-state index contributed by atoms with van der Waals surface area (Å²) in [5, 5.41) is 16.7. The Hall–Kier alpha value is -2.92. The maximum Gasteiger partial charge on any atom is 0.299 e. The van der Waals surface area contributed by atoms with Crippen LogP contribution in [0.15, 0.2) is 46.3 Å². The number of pyridine rings is 1. The third kappa shape index (κ3) is 2.30. The monoisotopic (exact) mass is 363 g/mol. The normalized spacial score (nSPS) is 12.0. The lowest BCUT2D eigenvalue weighted by molar-refractivity contribution is 0.474. The summed E-state index contributed by atoms with van der Waals surface area (Å²) in [7, 11) is -4.13. The molecule has 3 heterocycles. The SMILES string of the molecule is O=c1cc(O)cc(NS(=O)(=O)c2nnc3sc4ccccc4n23)[nH]1. The summed E-state index contributed by atoms with van der Waals surface area (Å²) >= 11 is 1.31. The standard InChI is InChI=1S/C13H9N5O4S2/c19-7-5-10(14-11(20)6-7)17-24(21,22)13-16-15-12-18(13)8-3-1-2-4-9(8)23-12/h1-6H,(H3,14,17,19,20). The third-order valence-corrected chi connectivity index (χ3v) is 5.47. The van der Waals surface area contributed by atoms with E-state index in [1.807, 2.05) is 12.1 Å². The number of para-hydroxylation sites is 1. The van der Waals surface area contributed by atoms with Crippen molar-refractivity contribution in [3.05, 3.63) is 46.8 Å². The highest BCUT2D eigenvalue weighted by Crippen LogP contribution is 2.27. The molecule has 0 atom stereocenters. The van der Waals surface area contributed by atoms with Gasteiger partial charge < -0.3 is 10.1 Å². The molecule has 0 saturated carbocycles. The van der Waals surface area contributed by atoms with Crippen molar-refractivity contribution in [3.8, 4) is 5.75 Å². The third-order valence-electron chi connectivity index (χ3n) is 3.22. The van der Waals surface area contributed by atoms with E-state index >= 15 is 0 Å².